The molecular formula is C20H23NO3. The number of aromatic nitrogens is 1. The van der Waals surface area contributed by atoms with Crippen molar-refractivity contribution in [2.24, 2.45) is 0 Å². The molecule has 0 spiro atoms. The summed E-state index contributed by atoms with van der Waals surface area (Å²) < 4.78 is 11.1. The van der Waals surface area contributed by atoms with Crippen LogP contribution in [0.5, 0.6) is 11.5 Å². The topological polar surface area (TPSA) is 48.4 Å². The molecule has 1 aromatic heterocycles. The third-order valence-electron chi connectivity index (χ3n) is 3.54. The Labute approximate surface area is 143 Å². The molecule has 1 heterocycles. The number of unbranched alkanes of at least 4 members (excludes halogenated alkanes) is 2. The van der Waals surface area contributed by atoms with Crippen molar-refractivity contribution in [3.63, 3.8) is 0 Å². The predicted molar refractivity (Wildman–Crippen MR) is 95.6 cm³/mol. The highest BCUT2D eigenvalue weighted by Crippen LogP contribution is 2.28. The van der Waals surface area contributed by atoms with E-state index in [0.29, 0.717) is 18.1 Å². The fourth-order valence-corrected chi connectivity index (χ4v) is 2.21. The molecule has 4 heteroatoms. The highest BCUT2D eigenvalue weighted by atomic mass is 16.5. The van der Waals surface area contributed by atoms with E-state index in [9.17, 15) is 4.79 Å². The van der Waals surface area contributed by atoms with Crippen LogP contribution >= 0.6 is 0 Å². The quantitative estimate of drug-likeness (QED) is 0.385. The van der Waals surface area contributed by atoms with Gasteiger partial charge in [-0.3, -0.25) is 9.78 Å². The summed E-state index contributed by atoms with van der Waals surface area (Å²) in [7, 11) is 1.61. The van der Waals surface area contributed by atoms with Crippen LogP contribution in [0.1, 0.15) is 42.2 Å². The predicted octanol–water partition coefficient (Wildman–Crippen LogP) is 4.56. The zero-order valence-electron chi connectivity index (χ0n) is 14.2. The molecule has 24 heavy (non-hydrogen) atoms. The second-order valence-electron chi connectivity index (χ2n) is 5.38. The average molecular weight is 325 g/mol. The molecule has 0 fully saturated rings. The number of hydrogen-bond donors (Lipinski definition) is 0. The van der Waals surface area contributed by atoms with E-state index in [1.54, 1.807) is 37.6 Å². The number of carbonyl (C=O) groups excluding carboxylic acids is 1. The standard InChI is InChI=1S/C20H23NO3/c1-3-4-7-14-24-19-12-10-16(15-20(19)23-2)9-11-18(22)17-8-5-6-13-21-17/h5-6,8-13,15H,3-4,7,14H2,1-2H3/b11-9+. The molecular weight excluding hydrogens is 302 g/mol. The molecule has 2 rings (SSSR count). The van der Waals surface area contributed by atoms with Gasteiger partial charge in [0.15, 0.2) is 11.5 Å². The summed E-state index contributed by atoms with van der Waals surface area (Å²) in [4.78, 5) is 16.1. The van der Waals surface area contributed by atoms with Crippen LogP contribution in [0.4, 0.5) is 0 Å². The SMILES string of the molecule is CCCCCOc1ccc(/C=C/C(=O)c2ccccn2)cc1OC. The summed E-state index contributed by atoms with van der Waals surface area (Å²) in [5.74, 6) is 1.26. The summed E-state index contributed by atoms with van der Waals surface area (Å²) >= 11 is 0. The number of ketones is 1. The van der Waals surface area contributed by atoms with E-state index in [2.05, 4.69) is 11.9 Å². The summed E-state index contributed by atoms with van der Waals surface area (Å²) in [5.41, 5.74) is 1.30. The number of ether oxygens (including phenoxy) is 2. The normalized spacial score (nSPS) is 10.8. The molecule has 0 aliphatic carbocycles. The van der Waals surface area contributed by atoms with Crippen LogP contribution in [0.15, 0.2) is 48.7 Å². The Balaban J connectivity index is 2.03. The fraction of sp³-hybridized carbons (Fsp3) is 0.300. The maximum Gasteiger partial charge on any atom is 0.204 e. The first-order valence-electron chi connectivity index (χ1n) is 8.19. The van der Waals surface area contributed by atoms with Crippen LogP contribution < -0.4 is 9.47 Å². The minimum atomic E-state index is -0.130. The van der Waals surface area contributed by atoms with Crippen molar-refractivity contribution in [1.82, 2.24) is 4.98 Å². The lowest BCUT2D eigenvalue weighted by Gasteiger charge is -2.11. The third-order valence-corrected chi connectivity index (χ3v) is 3.54. The molecule has 0 aliphatic heterocycles. The summed E-state index contributed by atoms with van der Waals surface area (Å²) in [5, 5.41) is 0. The zero-order valence-corrected chi connectivity index (χ0v) is 14.2. The maximum atomic E-state index is 12.0. The second-order valence-corrected chi connectivity index (χ2v) is 5.38. The van der Waals surface area contributed by atoms with E-state index < -0.39 is 0 Å². The average Bonchev–Trinajstić information content (AvgIpc) is 2.64. The number of rotatable bonds is 9. The smallest absolute Gasteiger partial charge is 0.204 e. The second kappa shape index (κ2) is 9.50. The Bertz CT molecular complexity index is 681. The van der Waals surface area contributed by atoms with E-state index in [-0.39, 0.29) is 5.78 Å². The molecule has 0 saturated carbocycles. The Morgan fingerprint density at radius 3 is 2.75 bits per heavy atom. The first kappa shape index (κ1) is 17.7. The highest BCUT2D eigenvalue weighted by Gasteiger charge is 2.06. The Hall–Kier alpha value is -2.62. The Morgan fingerprint density at radius 2 is 2.04 bits per heavy atom. The van der Waals surface area contributed by atoms with Crippen molar-refractivity contribution in [1.29, 1.82) is 0 Å². The lowest BCUT2D eigenvalue weighted by Crippen LogP contribution is -1.99. The summed E-state index contributed by atoms with van der Waals surface area (Å²) in [6.45, 7) is 2.84. The van der Waals surface area contributed by atoms with Crippen LogP contribution in [0.3, 0.4) is 0 Å². The molecule has 0 atom stereocenters. The van der Waals surface area contributed by atoms with E-state index >= 15 is 0 Å². The van der Waals surface area contributed by atoms with Crippen LogP contribution in [-0.2, 0) is 0 Å². The number of allylic oxidation sites excluding steroid dienone is 1. The molecule has 126 valence electrons. The van der Waals surface area contributed by atoms with Crippen LogP contribution in [-0.4, -0.2) is 24.5 Å². The zero-order chi connectivity index (χ0) is 17.2. The number of methoxy groups -OCH3 is 1. The van der Waals surface area contributed by atoms with Crippen molar-refractivity contribution in [2.75, 3.05) is 13.7 Å². The van der Waals surface area contributed by atoms with E-state index in [1.807, 2.05) is 18.2 Å². The van der Waals surface area contributed by atoms with Crippen LogP contribution in [0, 0.1) is 0 Å². The van der Waals surface area contributed by atoms with Gasteiger partial charge < -0.3 is 9.47 Å². The molecule has 0 N–H and O–H groups in total. The van der Waals surface area contributed by atoms with Gasteiger partial charge in [-0.1, -0.05) is 38.0 Å². The van der Waals surface area contributed by atoms with Gasteiger partial charge in [0.25, 0.3) is 0 Å². The lowest BCUT2D eigenvalue weighted by molar-refractivity contribution is 0.104. The summed E-state index contributed by atoms with van der Waals surface area (Å²) in [6, 6.07) is 10.9. The maximum absolute atomic E-state index is 12.0. The summed E-state index contributed by atoms with van der Waals surface area (Å²) in [6.07, 6.45) is 8.21. The van der Waals surface area contributed by atoms with Crippen LogP contribution in [0.2, 0.25) is 0 Å². The van der Waals surface area contributed by atoms with Crippen molar-refractivity contribution in [2.45, 2.75) is 26.2 Å². The Kier molecular flexibility index (Phi) is 7.02. The third kappa shape index (κ3) is 5.23. The van der Waals surface area contributed by atoms with Gasteiger partial charge in [-0.2, -0.15) is 0 Å². The van der Waals surface area contributed by atoms with Gasteiger partial charge in [0.2, 0.25) is 5.78 Å². The number of hydrogen-bond acceptors (Lipinski definition) is 4. The van der Waals surface area contributed by atoms with Crippen molar-refractivity contribution < 1.29 is 14.3 Å². The molecule has 0 saturated heterocycles. The molecule has 0 aliphatic rings. The van der Waals surface area contributed by atoms with Gasteiger partial charge in [0.05, 0.1) is 13.7 Å². The largest absolute Gasteiger partial charge is 0.493 e. The van der Waals surface area contributed by atoms with E-state index in [0.717, 1.165) is 30.6 Å². The van der Waals surface area contributed by atoms with Gasteiger partial charge in [-0.25, -0.2) is 0 Å². The minimum Gasteiger partial charge on any atom is -0.493 e. The minimum absolute atomic E-state index is 0.130. The van der Waals surface area contributed by atoms with Gasteiger partial charge in [-0.05, 0) is 42.3 Å². The Morgan fingerprint density at radius 1 is 1.17 bits per heavy atom. The molecule has 4 nitrogen and oxygen atoms in total. The molecule has 0 unspecified atom stereocenters. The molecule has 0 bridgehead atoms. The monoisotopic (exact) mass is 325 g/mol. The van der Waals surface area contributed by atoms with Crippen molar-refractivity contribution in [3.05, 3.63) is 59.9 Å². The first-order chi connectivity index (χ1) is 11.7. The molecule has 0 amide bonds. The number of pyridine rings is 1. The van der Waals surface area contributed by atoms with E-state index in [4.69, 9.17) is 9.47 Å². The van der Waals surface area contributed by atoms with Gasteiger partial charge in [0.1, 0.15) is 5.69 Å². The van der Waals surface area contributed by atoms with Crippen molar-refractivity contribution >= 4 is 11.9 Å². The van der Waals surface area contributed by atoms with Gasteiger partial charge in [0, 0.05) is 6.20 Å². The van der Waals surface area contributed by atoms with Crippen LogP contribution in [0.25, 0.3) is 6.08 Å². The molecule has 0 radical (unpaired) electrons. The number of nitrogens with zero attached hydrogens (tertiary/aromatic N) is 1. The number of benzene rings is 1. The molecule has 1 aromatic carbocycles. The van der Waals surface area contributed by atoms with E-state index in [1.165, 1.54) is 6.08 Å². The van der Waals surface area contributed by atoms with Crippen molar-refractivity contribution in [3.8, 4) is 11.5 Å². The fourth-order valence-electron chi connectivity index (χ4n) is 2.21. The van der Waals surface area contributed by atoms with Gasteiger partial charge in [-0.15, -0.1) is 0 Å². The molecule has 2 aromatic rings. The number of carbonyl (C=O) groups is 1. The van der Waals surface area contributed by atoms with Gasteiger partial charge >= 0.3 is 0 Å². The lowest BCUT2D eigenvalue weighted by atomic mass is 10.1. The first-order valence-corrected chi connectivity index (χ1v) is 8.19. The highest BCUT2D eigenvalue weighted by molar-refractivity contribution is 6.05.